The largest absolute Gasteiger partial charge is 0.395 e. The van der Waals surface area contributed by atoms with Crippen LogP contribution in [0.3, 0.4) is 0 Å². The molecule has 1 aliphatic carbocycles. The van der Waals surface area contributed by atoms with Gasteiger partial charge in [0.1, 0.15) is 5.60 Å². The normalized spacial score (nSPS) is 47.1. The number of ketones is 1. The molecule has 16 heavy (non-hydrogen) atoms. The Morgan fingerprint density at radius 1 is 1.69 bits per heavy atom. The summed E-state index contributed by atoms with van der Waals surface area (Å²) >= 11 is 0. The molecule has 2 bridgehead atoms. The highest BCUT2D eigenvalue weighted by Crippen LogP contribution is 2.52. The molecule has 4 nitrogen and oxygen atoms in total. The number of carbonyl (C=O) groups is 1. The lowest BCUT2D eigenvalue weighted by Crippen LogP contribution is -2.57. The SMILES string of the molecule is C=C(C)[C@H]1C[C@H](O)[C@@]2(C)OC[C@]1(CO)C2=O. The van der Waals surface area contributed by atoms with Crippen LogP contribution in [0.4, 0.5) is 0 Å². The molecular formula is C12H18O4. The third kappa shape index (κ3) is 1.18. The van der Waals surface area contributed by atoms with Gasteiger partial charge in [0, 0.05) is 0 Å². The molecule has 2 fully saturated rings. The van der Waals surface area contributed by atoms with Crippen molar-refractivity contribution in [1.82, 2.24) is 0 Å². The van der Waals surface area contributed by atoms with E-state index in [1.807, 2.05) is 6.92 Å². The topological polar surface area (TPSA) is 66.8 Å². The van der Waals surface area contributed by atoms with E-state index < -0.39 is 17.1 Å². The number of allylic oxidation sites excluding steroid dienone is 1. The molecule has 4 heteroatoms. The fourth-order valence-corrected chi connectivity index (χ4v) is 2.98. The highest BCUT2D eigenvalue weighted by molar-refractivity contribution is 5.96. The third-order valence-electron chi connectivity index (χ3n) is 4.17. The minimum absolute atomic E-state index is 0.174. The molecular weight excluding hydrogens is 208 g/mol. The van der Waals surface area contributed by atoms with Crippen molar-refractivity contribution < 1.29 is 19.7 Å². The Kier molecular flexibility index (Phi) is 2.49. The van der Waals surface area contributed by atoms with E-state index in [1.165, 1.54) is 0 Å². The van der Waals surface area contributed by atoms with Gasteiger partial charge in [0.25, 0.3) is 0 Å². The Morgan fingerprint density at radius 3 is 2.81 bits per heavy atom. The second kappa shape index (κ2) is 3.39. The summed E-state index contributed by atoms with van der Waals surface area (Å²) < 4.78 is 5.46. The van der Waals surface area contributed by atoms with Gasteiger partial charge in [0.15, 0.2) is 5.78 Å². The van der Waals surface area contributed by atoms with Crippen LogP contribution in [0.2, 0.25) is 0 Å². The van der Waals surface area contributed by atoms with Crippen LogP contribution in [0.5, 0.6) is 0 Å². The van der Waals surface area contributed by atoms with E-state index in [4.69, 9.17) is 4.74 Å². The monoisotopic (exact) mass is 226 g/mol. The van der Waals surface area contributed by atoms with Gasteiger partial charge in [0.2, 0.25) is 0 Å². The molecule has 0 radical (unpaired) electrons. The van der Waals surface area contributed by atoms with Crippen molar-refractivity contribution in [2.24, 2.45) is 11.3 Å². The average molecular weight is 226 g/mol. The standard InChI is InChI=1S/C12H18O4/c1-7(2)8-4-9(14)11(3)10(15)12(8,5-13)6-16-11/h8-9,13-14H,1,4-6H2,2-3H3/t8-,9+,11-,12+/m1/s1. The lowest BCUT2D eigenvalue weighted by Gasteiger charge is -2.42. The second-order valence-corrected chi connectivity index (χ2v) is 5.19. The van der Waals surface area contributed by atoms with E-state index in [0.717, 1.165) is 5.57 Å². The summed E-state index contributed by atoms with van der Waals surface area (Å²) in [6.45, 7) is 7.21. The zero-order valence-electron chi connectivity index (χ0n) is 9.69. The van der Waals surface area contributed by atoms with Gasteiger partial charge < -0.3 is 14.9 Å². The number of rotatable bonds is 2. The van der Waals surface area contributed by atoms with Gasteiger partial charge in [-0.3, -0.25) is 4.79 Å². The number of aliphatic hydroxyl groups excluding tert-OH is 2. The van der Waals surface area contributed by atoms with E-state index >= 15 is 0 Å². The van der Waals surface area contributed by atoms with Crippen LogP contribution < -0.4 is 0 Å². The Labute approximate surface area is 94.9 Å². The molecule has 1 saturated heterocycles. The molecule has 0 spiro atoms. The smallest absolute Gasteiger partial charge is 0.178 e. The van der Waals surface area contributed by atoms with Crippen molar-refractivity contribution in [3.63, 3.8) is 0 Å². The van der Waals surface area contributed by atoms with Gasteiger partial charge in [-0.1, -0.05) is 12.2 Å². The van der Waals surface area contributed by atoms with Crippen LogP contribution in [0.25, 0.3) is 0 Å². The van der Waals surface area contributed by atoms with Gasteiger partial charge in [-0.25, -0.2) is 0 Å². The molecule has 2 aliphatic rings. The zero-order chi connectivity index (χ0) is 12.1. The number of carbonyl (C=O) groups excluding carboxylic acids is 1. The quantitative estimate of drug-likeness (QED) is 0.664. The fraction of sp³-hybridized carbons (Fsp3) is 0.750. The second-order valence-electron chi connectivity index (χ2n) is 5.19. The molecule has 2 rings (SSSR count). The molecule has 0 aromatic carbocycles. The molecule has 4 atom stereocenters. The lowest BCUT2D eigenvalue weighted by molar-refractivity contribution is -0.153. The van der Waals surface area contributed by atoms with Crippen molar-refractivity contribution in [1.29, 1.82) is 0 Å². The number of hydrogen-bond donors (Lipinski definition) is 2. The summed E-state index contributed by atoms with van der Waals surface area (Å²) in [6.07, 6.45) is -0.387. The summed E-state index contributed by atoms with van der Waals surface area (Å²) in [7, 11) is 0. The maximum Gasteiger partial charge on any atom is 0.178 e. The number of ether oxygens (including phenoxy) is 1. The van der Waals surface area contributed by atoms with Crippen molar-refractivity contribution >= 4 is 5.78 Å². The first-order valence-electron chi connectivity index (χ1n) is 5.51. The van der Waals surface area contributed by atoms with Crippen LogP contribution in [-0.4, -0.2) is 40.9 Å². The molecule has 90 valence electrons. The highest BCUT2D eigenvalue weighted by atomic mass is 16.5. The number of fused-ring (bicyclic) bond motifs is 2. The number of hydrogen-bond acceptors (Lipinski definition) is 4. The van der Waals surface area contributed by atoms with Crippen LogP contribution in [0.1, 0.15) is 20.3 Å². The summed E-state index contributed by atoms with van der Waals surface area (Å²) in [5, 5.41) is 19.5. The minimum atomic E-state index is -1.14. The molecule has 0 amide bonds. The van der Waals surface area contributed by atoms with Gasteiger partial charge in [0.05, 0.1) is 24.7 Å². The third-order valence-corrected chi connectivity index (χ3v) is 4.17. The number of aliphatic hydroxyl groups is 2. The van der Waals surface area contributed by atoms with Crippen LogP contribution in [-0.2, 0) is 9.53 Å². The summed E-state index contributed by atoms with van der Waals surface area (Å²) in [6, 6.07) is 0. The summed E-state index contributed by atoms with van der Waals surface area (Å²) in [4.78, 5) is 12.3. The predicted molar refractivity (Wildman–Crippen MR) is 57.8 cm³/mol. The van der Waals surface area contributed by atoms with Crippen molar-refractivity contribution in [2.45, 2.75) is 32.0 Å². The highest BCUT2D eigenvalue weighted by Gasteiger charge is 2.65. The van der Waals surface area contributed by atoms with Gasteiger partial charge in [-0.2, -0.15) is 0 Å². The Morgan fingerprint density at radius 2 is 2.31 bits per heavy atom. The summed E-state index contributed by atoms with van der Waals surface area (Å²) in [5.41, 5.74) is -1.22. The molecule has 1 saturated carbocycles. The van der Waals surface area contributed by atoms with E-state index in [0.29, 0.717) is 6.42 Å². The van der Waals surface area contributed by atoms with Gasteiger partial charge >= 0.3 is 0 Å². The zero-order valence-corrected chi connectivity index (χ0v) is 9.69. The first-order chi connectivity index (χ1) is 7.38. The predicted octanol–water partition coefficient (Wildman–Crippen LogP) is 0.280. The van der Waals surface area contributed by atoms with Crippen LogP contribution in [0.15, 0.2) is 12.2 Å². The van der Waals surface area contributed by atoms with E-state index in [1.54, 1.807) is 6.92 Å². The maximum atomic E-state index is 12.3. The molecule has 0 aromatic heterocycles. The van der Waals surface area contributed by atoms with E-state index in [-0.39, 0.29) is 24.9 Å². The Hall–Kier alpha value is -0.710. The van der Waals surface area contributed by atoms with Gasteiger partial charge in [-0.15, -0.1) is 0 Å². The summed E-state index contributed by atoms with van der Waals surface area (Å²) in [5.74, 6) is -0.384. The first kappa shape index (κ1) is 11.8. The average Bonchev–Trinajstić information content (AvgIpc) is 2.42. The lowest BCUT2D eigenvalue weighted by atomic mass is 9.60. The molecule has 2 N–H and O–H groups in total. The molecule has 1 aliphatic heterocycles. The Balaban J connectivity index is 2.48. The molecule has 0 aromatic rings. The maximum absolute atomic E-state index is 12.3. The van der Waals surface area contributed by atoms with Crippen LogP contribution >= 0.6 is 0 Å². The van der Waals surface area contributed by atoms with Crippen LogP contribution in [0, 0.1) is 11.3 Å². The van der Waals surface area contributed by atoms with Gasteiger partial charge in [-0.05, 0) is 26.2 Å². The van der Waals surface area contributed by atoms with E-state index in [9.17, 15) is 15.0 Å². The number of Topliss-reactive ketones (excluding diaryl/α,β-unsaturated/α-hetero) is 1. The minimum Gasteiger partial charge on any atom is -0.395 e. The Bertz CT molecular complexity index is 351. The van der Waals surface area contributed by atoms with Crippen molar-refractivity contribution in [2.75, 3.05) is 13.2 Å². The molecule has 0 unspecified atom stereocenters. The molecule has 1 heterocycles. The van der Waals surface area contributed by atoms with Crippen molar-refractivity contribution in [3.8, 4) is 0 Å². The first-order valence-corrected chi connectivity index (χ1v) is 5.51. The van der Waals surface area contributed by atoms with Crippen molar-refractivity contribution in [3.05, 3.63) is 12.2 Å². The van der Waals surface area contributed by atoms with E-state index in [2.05, 4.69) is 6.58 Å². The fourth-order valence-electron chi connectivity index (χ4n) is 2.98.